The number of aliphatic hydroxyl groups excluding tert-OH is 1. The summed E-state index contributed by atoms with van der Waals surface area (Å²) in [6, 6.07) is 11.4. The Balaban J connectivity index is 0.00000306. The summed E-state index contributed by atoms with van der Waals surface area (Å²) in [4.78, 5) is 5.67. The normalized spacial score (nSPS) is 15.1. The third kappa shape index (κ3) is 5.47. The fourth-order valence-electron chi connectivity index (χ4n) is 4.12. The number of piperidine rings is 1. The molecule has 0 radical (unpaired) electrons. The maximum absolute atomic E-state index is 13.9. The molecular weight excluding hydrogens is 464 g/mol. The molecule has 1 saturated heterocycles. The first-order valence-corrected chi connectivity index (χ1v) is 11.0. The number of alkyl halides is 1. The molecule has 2 N–H and O–H groups in total. The molecule has 0 saturated carbocycles. The van der Waals surface area contributed by atoms with Crippen LogP contribution in [0.5, 0.6) is 0 Å². The highest BCUT2D eigenvalue weighted by atomic mass is 35.5. The average molecular weight is 490 g/mol. The van der Waals surface area contributed by atoms with Crippen LogP contribution in [-0.2, 0) is 6.54 Å². The van der Waals surface area contributed by atoms with E-state index in [-0.39, 0.29) is 18.3 Å². The van der Waals surface area contributed by atoms with E-state index in [2.05, 4.69) is 25.3 Å². The number of aliphatic hydroxyl groups is 1. The first kappa shape index (κ1) is 25.0. The molecule has 33 heavy (non-hydrogen) atoms. The molecule has 2 heterocycles. The monoisotopic (exact) mass is 489 g/mol. The molecule has 1 aliphatic heterocycles. The second-order valence-electron chi connectivity index (χ2n) is 8.17. The molecule has 1 aromatic heterocycles. The smallest absolute Gasteiger partial charge is 0.188 e. The number of nitrogens with one attached hydrogen (secondary N) is 1. The van der Waals surface area contributed by atoms with Gasteiger partial charge in [-0.2, -0.15) is 0 Å². The van der Waals surface area contributed by atoms with Crippen molar-refractivity contribution >= 4 is 52.1 Å². The van der Waals surface area contributed by atoms with Crippen molar-refractivity contribution in [1.82, 2.24) is 10.2 Å². The van der Waals surface area contributed by atoms with Crippen molar-refractivity contribution in [3.8, 4) is 0 Å². The molecule has 1 unspecified atom stereocenters. The lowest BCUT2D eigenvalue weighted by atomic mass is 9.92. The highest BCUT2D eigenvalue weighted by Gasteiger charge is 2.27. The Labute approximate surface area is 204 Å². The number of aryl methyl sites for hydroxylation is 1. The number of halogens is 3. The Morgan fingerprint density at radius 3 is 2.64 bits per heavy atom. The fourth-order valence-corrected chi connectivity index (χ4v) is 4.32. The molecule has 4 rings (SSSR count). The van der Waals surface area contributed by atoms with Crippen LogP contribution in [0.4, 0.5) is 21.7 Å². The minimum atomic E-state index is -1.18. The second-order valence-corrected chi connectivity index (χ2v) is 8.58. The molecule has 0 bridgehead atoms. The van der Waals surface area contributed by atoms with Crippen molar-refractivity contribution in [1.29, 1.82) is 0 Å². The Morgan fingerprint density at radius 2 is 1.97 bits per heavy atom. The quantitative estimate of drug-likeness (QED) is 0.433. The molecular formula is C24H26Cl2FN5O. The van der Waals surface area contributed by atoms with E-state index in [1.165, 1.54) is 0 Å². The summed E-state index contributed by atoms with van der Waals surface area (Å²) in [5.74, 6) is 1.20. The molecule has 0 spiro atoms. The molecule has 0 amide bonds. The predicted molar refractivity (Wildman–Crippen MR) is 133 cm³/mol. The van der Waals surface area contributed by atoms with E-state index < -0.39 is 12.8 Å². The van der Waals surface area contributed by atoms with Gasteiger partial charge in [-0.05, 0) is 48.9 Å². The Kier molecular flexibility index (Phi) is 8.30. The van der Waals surface area contributed by atoms with Crippen molar-refractivity contribution in [2.24, 2.45) is 5.92 Å². The highest BCUT2D eigenvalue weighted by molar-refractivity contribution is 6.31. The summed E-state index contributed by atoms with van der Waals surface area (Å²) in [5, 5.41) is 23.8. The van der Waals surface area contributed by atoms with Crippen LogP contribution in [0.2, 0.25) is 5.02 Å². The van der Waals surface area contributed by atoms with Crippen LogP contribution in [0.1, 0.15) is 24.0 Å². The van der Waals surface area contributed by atoms with Gasteiger partial charge in [-0.25, -0.2) is 9.24 Å². The first-order chi connectivity index (χ1) is 15.5. The number of aromatic nitrogens is 2. The highest BCUT2D eigenvalue weighted by Crippen LogP contribution is 2.34. The molecule has 1 aliphatic rings. The van der Waals surface area contributed by atoms with E-state index in [1.807, 2.05) is 37.3 Å². The van der Waals surface area contributed by atoms with Gasteiger partial charge in [-0.1, -0.05) is 35.9 Å². The van der Waals surface area contributed by atoms with E-state index in [4.69, 9.17) is 23.3 Å². The summed E-state index contributed by atoms with van der Waals surface area (Å²) in [6.07, 6.45) is 0.126. The lowest BCUT2D eigenvalue weighted by Gasteiger charge is -2.34. The zero-order valence-electron chi connectivity index (χ0n) is 18.3. The van der Waals surface area contributed by atoms with Gasteiger partial charge in [-0.3, -0.25) is 0 Å². The van der Waals surface area contributed by atoms with Gasteiger partial charge in [0.2, 0.25) is 0 Å². The molecule has 3 aromatic rings. The Bertz CT molecular complexity index is 1160. The van der Waals surface area contributed by atoms with Crippen LogP contribution >= 0.6 is 24.0 Å². The van der Waals surface area contributed by atoms with Gasteiger partial charge in [0.05, 0.1) is 13.2 Å². The standard InChI is InChI=1S/C24H25ClFN5O.ClH/c1-15-3-4-16(11-21(15)25)13-28-23-20-12-18(27-2)5-6-19(20)24(30-29-23)31-9-7-17(8-10-31)22(26)14-32;/h3-6,11-12,17,22,32H,7-10,13-14H2,1H3,(H,28,29);1H. The van der Waals surface area contributed by atoms with Crippen LogP contribution < -0.4 is 10.2 Å². The van der Waals surface area contributed by atoms with Crippen molar-refractivity contribution in [2.45, 2.75) is 32.5 Å². The average Bonchev–Trinajstić information content (AvgIpc) is 2.83. The van der Waals surface area contributed by atoms with E-state index in [0.717, 1.165) is 27.7 Å². The third-order valence-corrected chi connectivity index (χ3v) is 6.50. The largest absolute Gasteiger partial charge is 0.393 e. The van der Waals surface area contributed by atoms with E-state index >= 15 is 0 Å². The van der Waals surface area contributed by atoms with Crippen molar-refractivity contribution in [3.05, 3.63) is 64.0 Å². The molecule has 2 aromatic carbocycles. The number of nitrogens with zero attached hydrogens (tertiary/aromatic N) is 4. The number of benzene rings is 2. The zero-order chi connectivity index (χ0) is 22.7. The van der Waals surface area contributed by atoms with Crippen LogP contribution in [0.15, 0.2) is 36.4 Å². The second kappa shape index (κ2) is 11.0. The summed E-state index contributed by atoms with van der Waals surface area (Å²) in [7, 11) is 0. The van der Waals surface area contributed by atoms with Crippen LogP contribution in [0.25, 0.3) is 15.6 Å². The number of hydrogen-bond acceptors (Lipinski definition) is 5. The lowest BCUT2D eigenvalue weighted by molar-refractivity contribution is 0.112. The number of rotatable bonds is 6. The van der Waals surface area contributed by atoms with Gasteiger partial charge >= 0.3 is 0 Å². The summed E-state index contributed by atoms with van der Waals surface area (Å²) >= 11 is 6.24. The van der Waals surface area contributed by atoms with Crippen LogP contribution in [0, 0.1) is 19.4 Å². The SMILES string of the molecule is Cl.[C-]#[N+]c1ccc2c(N3CCC(C(F)CO)CC3)nnc(NCc3ccc(C)c(Cl)c3)c2c1. The van der Waals surface area contributed by atoms with Gasteiger partial charge in [-0.15, -0.1) is 22.6 Å². The Morgan fingerprint density at radius 1 is 1.21 bits per heavy atom. The first-order valence-electron chi connectivity index (χ1n) is 10.7. The summed E-state index contributed by atoms with van der Waals surface area (Å²) < 4.78 is 13.9. The topological polar surface area (TPSA) is 65.6 Å². The molecule has 9 heteroatoms. The molecule has 0 aliphatic carbocycles. The maximum atomic E-state index is 13.9. The molecule has 1 atom stereocenters. The van der Waals surface area contributed by atoms with Gasteiger partial charge < -0.3 is 15.3 Å². The van der Waals surface area contributed by atoms with Crippen molar-refractivity contribution in [2.75, 3.05) is 29.9 Å². The third-order valence-electron chi connectivity index (χ3n) is 6.09. The van der Waals surface area contributed by atoms with E-state index in [1.54, 1.807) is 6.07 Å². The Hall–Kier alpha value is -2.66. The lowest BCUT2D eigenvalue weighted by Crippen LogP contribution is -2.38. The predicted octanol–water partition coefficient (Wildman–Crippen LogP) is 5.72. The van der Waals surface area contributed by atoms with Crippen LogP contribution in [-0.4, -0.2) is 41.2 Å². The minimum absolute atomic E-state index is 0. The number of anilines is 2. The molecule has 1 fully saturated rings. The van der Waals surface area contributed by atoms with Gasteiger partial charge in [0.25, 0.3) is 0 Å². The molecule has 6 nitrogen and oxygen atoms in total. The van der Waals surface area contributed by atoms with Gasteiger partial charge in [0, 0.05) is 35.4 Å². The van der Waals surface area contributed by atoms with Crippen LogP contribution in [0.3, 0.4) is 0 Å². The number of fused-ring (bicyclic) bond motifs is 1. The fraction of sp³-hybridized carbons (Fsp3) is 0.375. The summed E-state index contributed by atoms with van der Waals surface area (Å²) in [6.45, 7) is 10.7. The molecule has 174 valence electrons. The van der Waals surface area contributed by atoms with E-state index in [0.29, 0.717) is 49.0 Å². The summed E-state index contributed by atoms with van der Waals surface area (Å²) in [5.41, 5.74) is 2.57. The van der Waals surface area contributed by atoms with Crippen molar-refractivity contribution in [3.63, 3.8) is 0 Å². The van der Waals surface area contributed by atoms with E-state index in [9.17, 15) is 4.39 Å². The number of hydrogen-bond donors (Lipinski definition) is 2. The van der Waals surface area contributed by atoms with Gasteiger partial charge in [0.15, 0.2) is 17.3 Å². The maximum Gasteiger partial charge on any atom is 0.188 e. The van der Waals surface area contributed by atoms with Crippen molar-refractivity contribution < 1.29 is 9.50 Å². The zero-order valence-corrected chi connectivity index (χ0v) is 19.8. The minimum Gasteiger partial charge on any atom is -0.393 e. The van der Waals surface area contributed by atoms with Gasteiger partial charge in [0.1, 0.15) is 6.17 Å².